The number of amides is 1. The standard InChI is InChI=1S/C27H27N3O5S2/c1-2-35-27(34)23-24(28-11-13-29(14-12-28)25(32)22-8-5-15-37-22)19-16-36-17-20(19)30(26(23)33)10-9-18-6-3-4-7-21(18)31/h3-8,15-18H,2,9-14H2,1H3. The first-order valence-electron chi connectivity index (χ1n) is 12.3. The Labute approximate surface area is 222 Å². The van der Waals surface area contributed by atoms with E-state index in [1.165, 1.54) is 22.7 Å². The number of pyridine rings is 1. The molecule has 1 saturated heterocycles. The van der Waals surface area contributed by atoms with Crippen molar-refractivity contribution in [3.05, 3.63) is 73.4 Å². The number of allylic oxidation sites excluding steroid dienone is 4. The van der Waals surface area contributed by atoms with Gasteiger partial charge in [0.15, 0.2) is 5.78 Å². The molecule has 192 valence electrons. The number of aryl methyl sites for hydroxylation is 1. The average molecular weight is 538 g/mol. The molecule has 0 aromatic carbocycles. The molecule has 0 N–H and O–H groups in total. The van der Waals surface area contributed by atoms with Gasteiger partial charge in [-0.25, -0.2) is 4.79 Å². The summed E-state index contributed by atoms with van der Waals surface area (Å²) in [5.41, 5.74) is 0.893. The van der Waals surface area contributed by atoms with Crippen LogP contribution >= 0.6 is 22.7 Å². The van der Waals surface area contributed by atoms with Crippen molar-refractivity contribution in [2.75, 3.05) is 37.7 Å². The molecule has 3 aromatic rings. The molecular formula is C27H27N3O5S2. The largest absolute Gasteiger partial charge is 0.462 e. The number of thiophene rings is 2. The number of aromatic nitrogens is 1. The van der Waals surface area contributed by atoms with Crippen LogP contribution in [0.1, 0.15) is 33.4 Å². The third-order valence-corrected chi connectivity index (χ3v) is 8.31. The van der Waals surface area contributed by atoms with Gasteiger partial charge in [-0.2, -0.15) is 0 Å². The van der Waals surface area contributed by atoms with Crippen LogP contribution in [0.3, 0.4) is 0 Å². The smallest absolute Gasteiger partial charge is 0.345 e. The Hall–Kier alpha value is -3.50. The van der Waals surface area contributed by atoms with E-state index in [-0.39, 0.29) is 29.8 Å². The zero-order valence-electron chi connectivity index (χ0n) is 20.4. The quantitative estimate of drug-likeness (QED) is 0.424. The summed E-state index contributed by atoms with van der Waals surface area (Å²) in [4.78, 5) is 56.5. The van der Waals surface area contributed by atoms with Crippen LogP contribution in [0.4, 0.5) is 5.69 Å². The number of anilines is 1. The highest BCUT2D eigenvalue weighted by Crippen LogP contribution is 2.33. The molecule has 10 heteroatoms. The van der Waals surface area contributed by atoms with Crippen molar-refractivity contribution in [2.45, 2.75) is 19.9 Å². The van der Waals surface area contributed by atoms with E-state index in [4.69, 9.17) is 4.74 Å². The molecule has 1 fully saturated rings. The van der Waals surface area contributed by atoms with Gasteiger partial charge in [0.25, 0.3) is 11.5 Å². The maximum absolute atomic E-state index is 13.8. The summed E-state index contributed by atoms with van der Waals surface area (Å²) in [5, 5.41) is 6.54. The summed E-state index contributed by atoms with van der Waals surface area (Å²) in [7, 11) is 0. The van der Waals surface area contributed by atoms with E-state index in [1.807, 2.05) is 50.2 Å². The topological polar surface area (TPSA) is 88.9 Å². The summed E-state index contributed by atoms with van der Waals surface area (Å²) in [6.45, 7) is 4.11. The van der Waals surface area contributed by atoms with E-state index >= 15 is 0 Å². The van der Waals surface area contributed by atoms with E-state index < -0.39 is 11.5 Å². The van der Waals surface area contributed by atoms with Crippen LogP contribution in [-0.4, -0.2) is 59.9 Å². The molecule has 2 aliphatic rings. The lowest BCUT2D eigenvalue weighted by Crippen LogP contribution is -2.49. The lowest BCUT2D eigenvalue weighted by atomic mass is 9.96. The lowest BCUT2D eigenvalue weighted by molar-refractivity contribution is -0.117. The molecule has 1 amide bonds. The fourth-order valence-electron chi connectivity index (χ4n) is 4.86. The third-order valence-electron chi connectivity index (χ3n) is 6.72. The number of nitrogens with zero attached hydrogens (tertiary/aromatic N) is 3. The second kappa shape index (κ2) is 10.9. The summed E-state index contributed by atoms with van der Waals surface area (Å²) in [6, 6.07) is 3.68. The molecule has 4 heterocycles. The summed E-state index contributed by atoms with van der Waals surface area (Å²) in [6.07, 6.45) is 7.39. The SMILES string of the molecule is CCOC(=O)c1c(N2CCN(C(=O)c3cccs3)CC2)c2cscc2n(CCC2C=CC=CC2=O)c1=O. The van der Waals surface area contributed by atoms with E-state index in [1.54, 1.807) is 23.6 Å². The number of hydrogen-bond acceptors (Lipinski definition) is 8. The predicted molar refractivity (Wildman–Crippen MR) is 146 cm³/mol. The fraction of sp³-hybridized carbons (Fsp3) is 0.333. The Morgan fingerprint density at radius 2 is 1.92 bits per heavy atom. The number of ketones is 1. The molecule has 1 aliphatic heterocycles. The van der Waals surface area contributed by atoms with Gasteiger partial charge < -0.3 is 19.1 Å². The van der Waals surface area contributed by atoms with Gasteiger partial charge >= 0.3 is 5.97 Å². The van der Waals surface area contributed by atoms with Crippen LogP contribution in [0.5, 0.6) is 0 Å². The molecule has 0 radical (unpaired) electrons. The van der Waals surface area contributed by atoms with Crippen LogP contribution in [0.15, 0.2) is 57.4 Å². The molecule has 8 nitrogen and oxygen atoms in total. The average Bonchev–Trinajstić information content (AvgIpc) is 3.61. The molecule has 1 unspecified atom stereocenters. The van der Waals surface area contributed by atoms with E-state index in [9.17, 15) is 19.2 Å². The first kappa shape index (κ1) is 25.2. The maximum Gasteiger partial charge on any atom is 0.345 e. The van der Waals surface area contributed by atoms with Crippen LogP contribution < -0.4 is 10.5 Å². The molecule has 5 rings (SSSR count). The number of rotatable bonds is 7. The number of hydrogen-bond donors (Lipinski definition) is 0. The Balaban J connectivity index is 1.48. The monoisotopic (exact) mass is 537 g/mol. The maximum atomic E-state index is 13.8. The number of ether oxygens (including phenoxy) is 1. The second-order valence-electron chi connectivity index (χ2n) is 8.87. The normalized spacial score (nSPS) is 17.5. The zero-order chi connectivity index (χ0) is 25.9. The Bertz CT molecular complexity index is 1440. The second-order valence-corrected chi connectivity index (χ2v) is 10.6. The van der Waals surface area contributed by atoms with Crippen molar-refractivity contribution in [1.82, 2.24) is 9.47 Å². The molecular weight excluding hydrogens is 510 g/mol. The molecule has 37 heavy (non-hydrogen) atoms. The molecule has 1 atom stereocenters. The number of esters is 1. The minimum atomic E-state index is -0.655. The lowest BCUT2D eigenvalue weighted by Gasteiger charge is -2.37. The Morgan fingerprint density at radius 3 is 2.62 bits per heavy atom. The van der Waals surface area contributed by atoms with Gasteiger partial charge in [-0.1, -0.05) is 24.3 Å². The predicted octanol–water partition coefficient (Wildman–Crippen LogP) is 3.97. The van der Waals surface area contributed by atoms with E-state index in [2.05, 4.69) is 0 Å². The highest BCUT2D eigenvalue weighted by atomic mass is 32.1. The van der Waals surface area contributed by atoms with Crippen molar-refractivity contribution in [2.24, 2.45) is 5.92 Å². The summed E-state index contributed by atoms with van der Waals surface area (Å²) < 4.78 is 6.92. The van der Waals surface area contributed by atoms with Crippen molar-refractivity contribution >= 4 is 56.9 Å². The molecule has 0 saturated carbocycles. The number of carbonyl (C=O) groups is 3. The van der Waals surface area contributed by atoms with Gasteiger partial charge in [0.05, 0.1) is 22.7 Å². The number of piperazine rings is 1. The molecule has 3 aromatic heterocycles. The highest BCUT2D eigenvalue weighted by Gasteiger charge is 2.31. The van der Waals surface area contributed by atoms with Crippen LogP contribution in [0.25, 0.3) is 10.9 Å². The van der Waals surface area contributed by atoms with Gasteiger partial charge in [0.1, 0.15) is 5.56 Å². The van der Waals surface area contributed by atoms with Gasteiger partial charge in [0, 0.05) is 54.8 Å². The molecule has 1 aliphatic carbocycles. The summed E-state index contributed by atoms with van der Waals surface area (Å²) >= 11 is 2.88. The van der Waals surface area contributed by atoms with Crippen molar-refractivity contribution in [3.8, 4) is 0 Å². The van der Waals surface area contributed by atoms with Crippen LogP contribution in [0, 0.1) is 5.92 Å². The van der Waals surface area contributed by atoms with Crippen molar-refractivity contribution in [3.63, 3.8) is 0 Å². The van der Waals surface area contributed by atoms with Gasteiger partial charge in [-0.05, 0) is 30.9 Å². The minimum Gasteiger partial charge on any atom is -0.462 e. The van der Waals surface area contributed by atoms with Crippen LogP contribution in [0.2, 0.25) is 0 Å². The fourth-order valence-corrected chi connectivity index (χ4v) is 6.37. The van der Waals surface area contributed by atoms with E-state index in [0.29, 0.717) is 49.7 Å². The first-order chi connectivity index (χ1) is 18.0. The zero-order valence-corrected chi connectivity index (χ0v) is 22.1. The van der Waals surface area contributed by atoms with Crippen molar-refractivity contribution in [1.29, 1.82) is 0 Å². The number of fused-ring (bicyclic) bond motifs is 1. The molecule has 0 bridgehead atoms. The Morgan fingerprint density at radius 1 is 1.11 bits per heavy atom. The van der Waals surface area contributed by atoms with Gasteiger partial charge in [-0.15, -0.1) is 22.7 Å². The van der Waals surface area contributed by atoms with Crippen LogP contribution in [-0.2, 0) is 16.1 Å². The van der Waals surface area contributed by atoms with Gasteiger partial charge in [-0.3, -0.25) is 14.4 Å². The Kier molecular flexibility index (Phi) is 7.38. The van der Waals surface area contributed by atoms with Gasteiger partial charge in [0.2, 0.25) is 0 Å². The number of carbonyl (C=O) groups excluding carboxylic acids is 3. The van der Waals surface area contributed by atoms with Crippen molar-refractivity contribution < 1.29 is 19.1 Å². The van der Waals surface area contributed by atoms with E-state index in [0.717, 1.165) is 10.9 Å². The first-order valence-corrected chi connectivity index (χ1v) is 14.1. The third kappa shape index (κ3) is 4.91. The minimum absolute atomic E-state index is 0.00230. The summed E-state index contributed by atoms with van der Waals surface area (Å²) in [5.74, 6) is -0.949. The molecule has 0 spiro atoms. The highest BCUT2D eigenvalue weighted by molar-refractivity contribution is 7.12.